The summed E-state index contributed by atoms with van der Waals surface area (Å²) in [5.41, 5.74) is 5.95. The highest BCUT2D eigenvalue weighted by molar-refractivity contribution is 5.94. The van der Waals surface area contributed by atoms with Crippen LogP contribution in [0.25, 0.3) is 0 Å². The van der Waals surface area contributed by atoms with E-state index < -0.39 is 0 Å². The molecule has 0 heterocycles. The minimum atomic E-state index is -0.336. The Balaban J connectivity index is 2.77. The second kappa shape index (κ2) is 6.23. The van der Waals surface area contributed by atoms with Gasteiger partial charge in [-0.3, -0.25) is 4.79 Å². The molecule has 0 aliphatic rings. The summed E-state index contributed by atoms with van der Waals surface area (Å²) in [7, 11) is 0. The summed E-state index contributed by atoms with van der Waals surface area (Å²) in [6.07, 6.45) is 0.882. The zero-order chi connectivity index (χ0) is 12.0. The number of amides is 1. The summed E-state index contributed by atoms with van der Waals surface area (Å²) in [6, 6.07) is 5.58. The summed E-state index contributed by atoms with van der Waals surface area (Å²) in [6.45, 7) is 3.64. The minimum absolute atomic E-state index is 0.0905. The number of rotatable bonds is 5. The van der Waals surface area contributed by atoms with Crippen LogP contribution in [-0.4, -0.2) is 30.4 Å². The van der Waals surface area contributed by atoms with Gasteiger partial charge in [0.15, 0.2) is 0 Å². The van der Waals surface area contributed by atoms with Crippen LogP contribution in [-0.2, 0) is 0 Å². The van der Waals surface area contributed by atoms with Crippen molar-refractivity contribution in [1.29, 1.82) is 0 Å². The highest BCUT2D eigenvalue weighted by atomic mass is 19.1. The molecule has 1 rings (SSSR count). The molecule has 0 saturated carbocycles. The van der Waals surface area contributed by atoms with E-state index in [1.807, 2.05) is 6.92 Å². The van der Waals surface area contributed by atoms with Crippen LogP contribution in [0.2, 0.25) is 0 Å². The number of halogens is 1. The Morgan fingerprint density at radius 1 is 1.31 bits per heavy atom. The molecule has 0 spiro atoms. The smallest absolute Gasteiger partial charge is 0.253 e. The van der Waals surface area contributed by atoms with E-state index in [-0.39, 0.29) is 11.7 Å². The quantitative estimate of drug-likeness (QED) is 0.826. The molecule has 4 heteroatoms. The normalized spacial score (nSPS) is 10.2. The van der Waals surface area contributed by atoms with Crippen molar-refractivity contribution in [2.45, 2.75) is 13.3 Å². The van der Waals surface area contributed by atoms with Crippen molar-refractivity contribution in [3.63, 3.8) is 0 Å². The van der Waals surface area contributed by atoms with Gasteiger partial charge in [0.05, 0.1) is 0 Å². The summed E-state index contributed by atoms with van der Waals surface area (Å²) < 4.78 is 12.7. The van der Waals surface area contributed by atoms with E-state index in [0.29, 0.717) is 25.2 Å². The van der Waals surface area contributed by atoms with Crippen molar-refractivity contribution in [3.05, 3.63) is 35.6 Å². The van der Waals surface area contributed by atoms with E-state index in [1.165, 1.54) is 24.3 Å². The molecule has 0 bridgehead atoms. The van der Waals surface area contributed by atoms with Gasteiger partial charge in [-0.25, -0.2) is 4.39 Å². The topological polar surface area (TPSA) is 46.3 Å². The molecule has 1 aromatic rings. The SMILES string of the molecule is CCCN(CCN)C(=O)c1ccc(F)cc1. The first-order valence-corrected chi connectivity index (χ1v) is 5.44. The average Bonchev–Trinajstić information content (AvgIpc) is 2.29. The van der Waals surface area contributed by atoms with Crippen molar-refractivity contribution < 1.29 is 9.18 Å². The predicted octanol–water partition coefficient (Wildman–Crippen LogP) is 1.64. The number of hydrogen-bond donors (Lipinski definition) is 1. The van der Waals surface area contributed by atoms with E-state index in [9.17, 15) is 9.18 Å². The Kier molecular flexibility index (Phi) is 4.92. The number of nitrogens with zero attached hydrogens (tertiary/aromatic N) is 1. The standard InChI is InChI=1S/C12H17FN2O/c1-2-8-15(9-7-14)12(16)10-3-5-11(13)6-4-10/h3-6H,2,7-9,14H2,1H3. The van der Waals surface area contributed by atoms with Gasteiger partial charge in [0.2, 0.25) is 0 Å². The maximum Gasteiger partial charge on any atom is 0.253 e. The van der Waals surface area contributed by atoms with Crippen LogP contribution < -0.4 is 5.73 Å². The van der Waals surface area contributed by atoms with Crippen LogP contribution in [0.1, 0.15) is 23.7 Å². The molecule has 0 fully saturated rings. The lowest BCUT2D eigenvalue weighted by Crippen LogP contribution is -2.35. The zero-order valence-electron chi connectivity index (χ0n) is 9.45. The number of nitrogens with two attached hydrogens (primary N) is 1. The van der Waals surface area contributed by atoms with E-state index in [4.69, 9.17) is 5.73 Å². The van der Waals surface area contributed by atoms with E-state index in [0.717, 1.165) is 6.42 Å². The highest BCUT2D eigenvalue weighted by Gasteiger charge is 2.13. The lowest BCUT2D eigenvalue weighted by molar-refractivity contribution is 0.0760. The molecule has 0 aliphatic carbocycles. The molecular weight excluding hydrogens is 207 g/mol. The molecule has 2 N–H and O–H groups in total. The Bertz CT molecular complexity index is 331. The fraction of sp³-hybridized carbons (Fsp3) is 0.417. The first-order valence-electron chi connectivity index (χ1n) is 5.44. The first kappa shape index (κ1) is 12.6. The summed E-state index contributed by atoms with van der Waals surface area (Å²) in [5.74, 6) is -0.426. The Morgan fingerprint density at radius 3 is 2.44 bits per heavy atom. The number of benzene rings is 1. The van der Waals surface area contributed by atoms with Gasteiger partial charge in [0, 0.05) is 25.2 Å². The fourth-order valence-electron chi connectivity index (χ4n) is 1.52. The minimum Gasteiger partial charge on any atom is -0.337 e. The van der Waals surface area contributed by atoms with Crippen molar-refractivity contribution in [1.82, 2.24) is 4.90 Å². The maximum absolute atomic E-state index is 12.7. The first-order chi connectivity index (χ1) is 7.69. The molecule has 0 atom stereocenters. The van der Waals surface area contributed by atoms with Crippen LogP contribution in [0.3, 0.4) is 0 Å². The average molecular weight is 224 g/mol. The molecule has 0 aromatic heterocycles. The van der Waals surface area contributed by atoms with Gasteiger partial charge >= 0.3 is 0 Å². The molecule has 1 amide bonds. The van der Waals surface area contributed by atoms with Crippen LogP contribution in [0.15, 0.2) is 24.3 Å². The highest BCUT2D eigenvalue weighted by Crippen LogP contribution is 2.07. The number of carbonyl (C=O) groups is 1. The van der Waals surface area contributed by atoms with Gasteiger partial charge in [-0.2, -0.15) is 0 Å². The Hall–Kier alpha value is -1.42. The van der Waals surface area contributed by atoms with Crippen molar-refractivity contribution in [2.24, 2.45) is 5.73 Å². The van der Waals surface area contributed by atoms with Crippen LogP contribution >= 0.6 is 0 Å². The Morgan fingerprint density at radius 2 is 1.94 bits per heavy atom. The van der Waals surface area contributed by atoms with Crippen molar-refractivity contribution >= 4 is 5.91 Å². The second-order valence-electron chi connectivity index (χ2n) is 3.59. The van der Waals surface area contributed by atoms with Gasteiger partial charge in [0.25, 0.3) is 5.91 Å². The van der Waals surface area contributed by atoms with Gasteiger partial charge in [-0.1, -0.05) is 6.92 Å². The van der Waals surface area contributed by atoms with Gasteiger partial charge in [-0.15, -0.1) is 0 Å². The monoisotopic (exact) mass is 224 g/mol. The van der Waals surface area contributed by atoms with Gasteiger partial charge in [-0.05, 0) is 30.7 Å². The molecule has 3 nitrogen and oxygen atoms in total. The fourth-order valence-corrected chi connectivity index (χ4v) is 1.52. The lowest BCUT2D eigenvalue weighted by Gasteiger charge is -2.21. The third-order valence-electron chi connectivity index (χ3n) is 2.27. The van der Waals surface area contributed by atoms with Crippen LogP contribution in [0.4, 0.5) is 4.39 Å². The van der Waals surface area contributed by atoms with Gasteiger partial charge in [0.1, 0.15) is 5.82 Å². The van der Waals surface area contributed by atoms with Crippen molar-refractivity contribution in [3.8, 4) is 0 Å². The van der Waals surface area contributed by atoms with Crippen LogP contribution in [0.5, 0.6) is 0 Å². The predicted molar refractivity (Wildman–Crippen MR) is 61.6 cm³/mol. The van der Waals surface area contributed by atoms with E-state index in [1.54, 1.807) is 4.90 Å². The molecule has 0 unspecified atom stereocenters. The van der Waals surface area contributed by atoms with Crippen LogP contribution in [0, 0.1) is 5.82 Å². The van der Waals surface area contributed by atoms with Gasteiger partial charge < -0.3 is 10.6 Å². The molecule has 0 aliphatic heterocycles. The van der Waals surface area contributed by atoms with Crippen molar-refractivity contribution in [2.75, 3.05) is 19.6 Å². The summed E-state index contributed by atoms with van der Waals surface area (Å²) in [5, 5.41) is 0. The molecular formula is C12H17FN2O. The number of hydrogen-bond acceptors (Lipinski definition) is 2. The largest absolute Gasteiger partial charge is 0.337 e. The third-order valence-corrected chi connectivity index (χ3v) is 2.27. The molecule has 0 radical (unpaired) electrons. The van der Waals surface area contributed by atoms with E-state index in [2.05, 4.69) is 0 Å². The molecule has 0 saturated heterocycles. The molecule has 16 heavy (non-hydrogen) atoms. The maximum atomic E-state index is 12.7. The Labute approximate surface area is 95.0 Å². The molecule has 88 valence electrons. The number of carbonyl (C=O) groups excluding carboxylic acids is 1. The van der Waals surface area contributed by atoms with E-state index >= 15 is 0 Å². The second-order valence-corrected chi connectivity index (χ2v) is 3.59. The summed E-state index contributed by atoms with van der Waals surface area (Å²) >= 11 is 0. The molecule has 1 aromatic carbocycles. The third kappa shape index (κ3) is 3.31. The lowest BCUT2D eigenvalue weighted by atomic mass is 10.2. The summed E-state index contributed by atoms with van der Waals surface area (Å²) in [4.78, 5) is 13.7. The zero-order valence-corrected chi connectivity index (χ0v) is 9.45.